The molecular formula is C14H9ClO3S2. The maximum Gasteiger partial charge on any atom is 0.261 e. The first-order chi connectivity index (χ1) is 9.38. The molecule has 0 saturated carbocycles. The highest BCUT2D eigenvalue weighted by atomic mass is 35.7. The summed E-state index contributed by atoms with van der Waals surface area (Å²) in [7, 11) is 1.61. The second-order valence-corrected chi connectivity index (χ2v) is 8.10. The van der Waals surface area contributed by atoms with Gasteiger partial charge < -0.3 is 0 Å². The van der Waals surface area contributed by atoms with Gasteiger partial charge in [0.2, 0.25) is 0 Å². The van der Waals surface area contributed by atoms with Gasteiger partial charge in [-0.1, -0.05) is 12.1 Å². The normalized spacial score (nSPS) is 12.1. The smallest absolute Gasteiger partial charge is 0.261 e. The van der Waals surface area contributed by atoms with Crippen molar-refractivity contribution in [3.8, 4) is 0 Å². The molecule has 0 spiro atoms. The summed E-state index contributed by atoms with van der Waals surface area (Å²) in [6, 6.07) is 10.3. The molecule has 102 valence electrons. The van der Waals surface area contributed by atoms with Gasteiger partial charge in [0, 0.05) is 30.9 Å². The van der Waals surface area contributed by atoms with Crippen LogP contribution < -0.4 is 5.43 Å². The Labute approximate surface area is 123 Å². The van der Waals surface area contributed by atoms with E-state index in [4.69, 9.17) is 10.7 Å². The molecule has 0 bridgehead atoms. The predicted molar refractivity (Wildman–Crippen MR) is 83.4 cm³/mol. The Kier molecular flexibility index (Phi) is 3.08. The number of aryl methyl sites for hydroxylation is 1. The van der Waals surface area contributed by atoms with Crippen LogP contribution in [0.3, 0.4) is 0 Å². The zero-order valence-electron chi connectivity index (χ0n) is 10.4. The van der Waals surface area contributed by atoms with Crippen molar-refractivity contribution in [2.45, 2.75) is 11.8 Å². The summed E-state index contributed by atoms with van der Waals surface area (Å²) in [6.45, 7) is 1.63. The summed E-state index contributed by atoms with van der Waals surface area (Å²) in [4.78, 5) is 12.5. The number of rotatable bonds is 1. The van der Waals surface area contributed by atoms with Gasteiger partial charge in [0.25, 0.3) is 9.05 Å². The van der Waals surface area contributed by atoms with Crippen molar-refractivity contribution >= 4 is 51.2 Å². The molecule has 0 aliphatic heterocycles. The highest BCUT2D eigenvalue weighted by Gasteiger charge is 2.16. The number of fused-ring (bicyclic) bond motifs is 2. The topological polar surface area (TPSA) is 51.2 Å². The molecule has 0 amide bonds. The molecule has 3 aromatic rings. The van der Waals surface area contributed by atoms with Crippen LogP contribution in [0.15, 0.2) is 46.1 Å². The second-order valence-electron chi connectivity index (χ2n) is 4.48. The average Bonchev–Trinajstić information content (AvgIpc) is 2.38. The lowest BCUT2D eigenvalue weighted by atomic mass is 10.1. The molecule has 0 N–H and O–H groups in total. The first-order valence-electron chi connectivity index (χ1n) is 5.79. The molecule has 6 heteroatoms. The molecule has 0 radical (unpaired) electrons. The van der Waals surface area contributed by atoms with Crippen molar-refractivity contribution in [1.29, 1.82) is 0 Å². The van der Waals surface area contributed by atoms with Crippen LogP contribution in [0, 0.1) is 6.92 Å². The number of halogens is 1. The van der Waals surface area contributed by atoms with E-state index in [9.17, 15) is 13.2 Å². The largest absolute Gasteiger partial charge is 0.289 e. The van der Waals surface area contributed by atoms with E-state index in [0.717, 1.165) is 4.70 Å². The van der Waals surface area contributed by atoms with Crippen LogP contribution >= 0.6 is 22.0 Å². The second kappa shape index (κ2) is 4.55. The fourth-order valence-electron chi connectivity index (χ4n) is 2.20. The maximum atomic E-state index is 12.4. The van der Waals surface area contributed by atoms with E-state index in [1.54, 1.807) is 19.1 Å². The van der Waals surface area contributed by atoms with Crippen molar-refractivity contribution < 1.29 is 8.42 Å². The quantitative estimate of drug-likeness (QED) is 0.507. The van der Waals surface area contributed by atoms with Gasteiger partial charge in [0.15, 0.2) is 5.43 Å². The fraction of sp³-hybridized carbons (Fsp3) is 0.0714. The van der Waals surface area contributed by atoms with Crippen LogP contribution in [-0.4, -0.2) is 8.42 Å². The van der Waals surface area contributed by atoms with Crippen LogP contribution in [0.25, 0.3) is 20.2 Å². The molecule has 1 aromatic heterocycles. The van der Waals surface area contributed by atoms with E-state index in [1.165, 1.54) is 17.4 Å². The third-order valence-electron chi connectivity index (χ3n) is 3.14. The molecule has 0 atom stereocenters. The summed E-state index contributed by atoms with van der Waals surface area (Å²) in [5.41, 5.74) is 0.392. The summed E-state index contributed by atoms with van der Waals surface area (Å²) in [5.74, 6) is 0. The molecule has 3 nitrogen and oxygen atoms in total. The highest BCUT2D eigenvalue weighted by Crippen LogP contribution is 2.29. The summed E-state index contributed by atoms with van der Waals surface area (Å²) < 4.78 is 24.5. The Hall–Kier alpha value is -1.43. The summed E-state index contributed by atoms with van der Waals surface area (Å²) in [5, 5.41) is 1.17. The van der Waals surface area contributed by atoms with Crippen molar-refractivity contribution in [1.82, 2.24) is 0 Å². The van der Waals surface area contributed by atoms with E-state index in [-0.39, 0.29) is 10.3 Å². The van der Waals surface area contributed by atoms with Gasteiger partial charge in [-0.2, -0.15) is 0 Å². The highest BCUT2D eigenvalue weighted by molar-refractivity contribution is 8.13. The zero-order valence-corrected chi connectivity index (χ0v) is 12.8. The number of hydrogen-bond acceptors (Lipinski definition) is 4. The molecule has 0 fully saturated rings. The number of benzene rings is 2. The van der Waals surface area contributed by atoms with Crippen LogP contribution in [0.1, 0.15) is 5.56 Å². The van der Waals surface area contributed by atoms with Gasteiger partial charge in [0.1, 0.15) is 0 Å². The Morgan fingerprint density at radius 3 is 2.45 bits per heavy atom. The molecule has 3 rings (SSSR count). The number of hydrogen-bond donors (Lipinski definition) is 0. The SMILES string of the molecule is Cc1cc2c(=O)c3ccccc3sc2cc1S(=O)(=O)Cl. The standard InChI is InChI=1S/C14H9ClO3S2/c1-8-6-10-12(7-13(8)20(15,17)18)19-11-5-3-2-4-9(11)14(10)16/h2-7H,1H3. The van der Waals surface area contributed by atoms with Crippen molar-refractivity contribution in [3.05, 3.63) is 52.2 Å². The molecule has 0 aliphatic carbocycles. The maximum absolute atomic E-state index is 12.4. The minimum atomic E-state index is -3.81. The van der Waals surface area contributed by atoms with Gasteiger partial charge in [-0.3, -0.25) is 4.79 Å². The first kappa shape index (κ1) is 13.5. The molecule has 0 unspecified atom stereocenters. The van der Waals surface area contributed by atoms with Gasteiger partial charge in [-0.05, 0) is 36.8 Å². The molecule has 20 heavy (non-hydrogen) atoms. The van der Waals surface area contributed by atoms with E-state index in [2.05, 4.69) is 0 Å². The van der Waals surface area contributed by atoms with E-state index in [0.29, 0.717) is 21.0 Å². The lowest BCUT2D eigenvalue weighted by Gasteiger charge is -2.05. The van der Waals surface area contributed by atoms with E-state index in [1.807, 2.05) is 18.2 Å². The predicted octanol–water partition coefficient (Wildman–Crippen LogP) is 3.65. The molecule has 2 aromatic carbocycles. The van der Waals surface area contributed by atoms with Crippen LogP contribution in [0.4, 0.5) is 0 Å². The van der Waals surface area contributed by atoms with Gasteiger partial charge >= 0.3 is 0 Å². The monoisotopic (exact) mass is 324 g/mol. The lowest BCUT2D eigenvalue weighted by Crippen LogP contribution is -2.03. The molecule has 0 aliphatic rings. The van der Waals surface area contributed by atoms with Crippen LogP contribution in [0.2, 0.25) is 0 Å². The van der Waals surface area contributed by atoms with Crippen LogP contribution in [0.5, 0.6) is 0 Å². The van der Waals surface area contributed by atoms with Gasteiger partial charge in [-0.15, -0.1) is 11.3 Å². The summed E-state index contributed by atoms with van der Waals surface area (Å²) in [6.07, 6.45) is 0. The van der Waals surface area contributed by atoms with Crippen LogP contribution in [-0.2, 0) is 9.05 Å². The zero-order chi connectivity index (χ0) is 14.5. The Balaban J connectivity index is 2.54. The van der Waals surface area contributed by atoms with Crippen molar-refractivity contribution in [3.63, 3.8) is 0 Å². The van der Waals surface area contributed by atoms with Crippen molar-refractivity contribution in [2.75, 3.05) is 0 Å². The fourth-order valence-corrected chi connectivity index (χ4v) is 4.57. The van der Waals surface area contributed by atoms with E-state index >= 15 is 0 Å². The third-order valence-corrected chi connectivity index (χ3v) is 5.73. The minimum absolute atomic E-state index is 0.0533. The van der Waals surface area contributed by atoms with Crippen molar-refractivity contribution in [2.24, 2.45) is 0 Å². The van der Waals surface area contributed by atoms with Gasteiger partial charge in [-0.25, -0.2) is 8.42 Å². The molecule has 0 saturated heterocycles. The lowest BCUT2D eigenvalue weighted by molar-refractivity contribution is 0.609. The first-order valence-corrected chi connectivity index (χ1v) is 8.91. The van der Waals surface area contributed by atoms with Gasteiger partial charge in [0.05, 0.1) is 4.90 Å². The molecule has 1 heterocycles. The summed E-state index contributed by atoms with van der Waals surface area (Å²) >= 11 is 1.38. The Bertz CT molecular complexity index is 1000. The van der Waals surface area contributed by atoms with E-state index < -0.39 is 9.05 Å². The average molecular weight is 325 g/mol. The molecular weight excluding hydrogens is 316 g/mol. The third kappa shape index (κ3) is 2.12. The minimum Gasteiger partial charge on any atom is -0.289 e. The Morgan fingerprint density at radius 1 is 1.05 bits per heavy atom. The Morgan fingerprint density at radius 2 is 1.75 bits per heavy atom.